The number of hydrogen-bond donors (Lipinski definition) is 1. The Bertz CT molecular complexity index is 485. The molecule has 0 aliphatic rings. The molecule has 0 amide bonds. The predicted octanol–water partition coefficient (Wildman–Crippen LogP) is 3.61. The first-order valence-corrected chi connectivity index (χ1v) is 6.58. The first-order valence-electron chi connectivity index (χ1n) is 5.64. The van der Waals surface area contributed by atoms with Crippen molar-refractivity contribution >= 4 is 17.3 Å². The molecule has 0 bridgehead atoms. The fraction of sp³-hybridized carbons (Fsp3) is 0.308. The number of nitrogens with one attached hydrogen (secondary N) is 1. The van der Waals surface area contributed by atoms with E-state index in [4.69, 9.17) is 0 Å². The smallest absolute Gasteiger partial charge is 0.203 e. The van der Waals surface area contributed by atoms with Crippen molar-refractivity contribution in [2.75, 3.05) is 5.32 Å². The number of allylic oxidation sites excluding steroid dienone is 1. The number of imidazole rings is 1. The zero-order valence-corrected chi connectivity index (χ0v) is 11.0. The molecule has 2 heterocycles. The summed E-state index contributed by atoms with van der Waals surface area (Å²) in [7, 11) is 0. The lowest BCUT2D eigenvalue weighted by atomic mass is 10.2. The van der Waals surface area contributed by atoms with Crippen molar-refractivity contribution in [1.29, 1.82) is 0 Å². The molecule has 1 unspecified atom stereocenters. The molecular formula is C13H17N3S. The Kier molecular flexibility index (Phi) is 3.64. The molecule has 17 heavy (non-hydrogen) atoms. The van der Waals surface area contributed by atoms with Gasteiger partial charge < -0.3 is 9.88 Å². The van der Waals surface area contributed by atoms with E-state index >= 15 is 0 Å². The summed E-state index contributed by atoms with van der Waals surface area (Å²) >= 11 is 1.71. The molecule has 0 radical (unpaired) electrons. The van der Waals surface area contributed by atoms with Crippen LogP contribution < -0.4 is 5.32 Å². The second-order valence-corrected chi connectivity index (χ2v) is 4.85. The average molecular weight is 247 g/mol. The maximum atomic E-state index is 4.49. The Morgan fingerprint density at radius 1 is 1.65 bits per heavy atom. The van der Waals surface area contributed by atoms with Crippen LogP contribution in [0.15, 0.2) is 35.7 Å². The fourth-order valence-electron chi connectivity index (χ4n) is 1.74. The van der Waals surface area contributed by atoms with Gasteiger partial charge in [0.05, 0.1) is 11.7 Å². The zero-order valence-electron chi connectivity index (χ0n) is 10.2. The zero-order chi connectivity index (χ0) is 12.3. The highest BCUT2D eigenvalue weighted by Gasteiger charge is 2.10. The van der Waals surface area contributed by atoms with Gasteiger partial charge in [-0.2, -0.15) is 11.3 Å². The van der Waals surface area contributed by atoms with Crippen LogP contribution in [0.4, 0.5) is 5.95 Å². The van der Waals surface area contributed by atoms with E-state index in [0.29, 0.717) is 0 Å². The Labute approximate surface area is 106 Å². The first-order chi connectivity index (χ1) is 8.20. The molecule has 0 aromatic carbocycles. The van der Waals surface area contributed by atoms with E-state index in [1.807, 2.05) is 19.2 Å². The summed E-state index contributed by atoms with van der Waals surface area (Å²) in [4.78, 5) is 4.49. The molecule has 4 heteroatoms. The number of aromatic nitrogens is 2. The van der Waals surface area contributed by atoms with Gasteiger partial charge in [0.1, 0.15) is 0 Å². The molecule has 2 aromatic rings. The molecule has 2 rings (SSSR count). The molecule has 0 saturated carbocycles. The molecule has 0 spiro atoms. The van der Waals surface area contributed by atoms with Crippen molar-refractivity contribution in [2.24, 2.45) is 0 Å². The number of aryl methyl sites for hydroxylation is 1. The molecule has 2 aromatic heterocycles. The van der Waals surface area contributed by atoms with Gasteiger partial charge in [-0.3, -0.25) is 0 Å². The minimum atomic E-state index is 0.270. The van der Waals surface area contributed by atoms with Crippen LogP contribution in [-0.2, 0) is 6.54 Å². The highest BCUT2D eigenvalue weighted by Crippen LogP contribution is 2.20. The quantitative estimate of drug-likeness (QED) is 0.818. The van der Waals surface area contributed by atoms with Gasteiger partial charge >= 0.3 is 0 Å². The van der Waals surface area contributed by atoms with E-state index in [1.165, 1.54) is 5.56 Å². The monoisotopic (exact) mass is 247 g/mol. The van der Waals surface area contributed by atoms with E-state index in [2.05, 4.69) is 45.2 Å². The van der Waals surface area contributed by atoms with Crippen molar-refractivity contribution in [2.45, 2.75) is 26.4 Å². The normalized spacial score (nSPS) is 12.4. The van der Waals surface area contributed by atoms with Crippen LogP contribution in [0.2, 0.25) is 0 Å². The third-order valence-corrected chi connectivity index (χ3v) is 3.31. The fourth-order valence-corrected chi connectivity index (χ4v) is 2.49. The summed E-state index contributed by atoms with van der Waals surface area (Å²) < 4.78 is 2.07. The van der Waals surface area contributed by atoms with Gasteiger partial charge in [0.15, 0.2) is 0 Å². The highest BCUT2D eigenvalue weighted by molar-refractivity contribution is 7.07. The third kappa shape index (κ3) is 2.77. The van der Waals surface area contributed by atoms with Gasteiger partial charge in [-0.15, -0.1) is 6.58 Å². The molecule has 90 valence electrons. The number of thiophene rings is 1. The molecule has 0 aliphatic heterocycles. The summed E-state index contributed by atoms with van der Waals surface area (Å²) in [5.41, 5.74) is 2.31. The second-order valence-electron chi connectivity index (χ2n) is 4.07. The predicted molar refractivity (Wildman–Crippen MR) is 73.5 cm³/mol. The summed E-state index contributed by atoms with van der Waals surface area (Å²) in [6.45, 7) is 8.68. The van der Waals surface area contributed by atoms with Gasteiger partial charge in [-0.25, -0.2) is 4.98 Å². The SMILES string of the molecule is C=CCn1cc(C)nc1NC(C)c1ccsc1. The summed E-state index contributed by atoms with van der Waals surface area (Å²) in [6.07, 6.45) is 3.91. The van der Waals surface area contributed by atoms with Gasteiger partial charge in [-0.1, -0.05) is 6.08 Å². The van der Waals surface area contributed by atoms with Gasteiger partial charge in [0.25, 0.3) is 0 Å². The van der Waals surface area contributed by atoms with E-state index in [0.717, 1.165) is 18.2 Å². The van der Waals surface area contributed by atoms with Gasteiger partial charge in [0.2, 0.25) is 5.95 Å². The maximum absolute atomic E-state index is 4.49. The lowest BCUT2D eigenvalue weighted by Crippen LogP contribution is -2.10. The minimum Gasteiger partial charge on any atom is -0.349 e. The lowest BCUT2D eigenvalue weighted by molar-refractivity contribution is 0.785. The van der Waals surface area contributed by atoms with E-state index in [-0.39, 0.29) is 6.04 Å². The van der Waals surface area contributed by atoms with E-state index in [9.17, 15) is 0 Å². The molecule has 1 N–H and O–H groups in total. The summed E-state index contributed by atoms with van der Waals surface area (Å²) in [6, 6.07) is 2.40. The van der Waals surface area contributed by atoms with Crippen molar-refractivity contribution < 1.29 is 0 Å². The number of anilines is 1. The summed E-state index contributed by atoms with van der Waals surface area (Å²) in [5.74, 6) is 0.904. The summed E-state index contributed by atoms with van der Waals surface area (Å²) in [5, 5.41) is 7.68. The van der Waals surface area contributed by atoms with Crippen LogP contribution in [0.5, 0.6) is 0 Å². The Morgan fingerprint density at radius 3 is 3.12 bits per heavy atom. The van der Waals surface area contributed by atoms with Crippen LogP contribution in [-0.4, -0.2) is 9.55 Å². The second kappa shape index (κ2) is 5.19. The standard InChI is InChI=1S/C13H17N3S/c1-4-6-16-8-10(2)14-13(16)15-11(3)12-5-7-17-9-12/h4-5,7-9,11H,1,6H2,2-3H3,(H,14,15). The highest BCUT2D eigenvalue weighted by atomic mass is 32.1. The van der Waals surface area contributed by atoms with Gasteiger partial charge in [0, 0.05) is 12.7 Å². The maximum Gasteiger partial charge on any atom is 0.203 e. The molecular weight excluding hydrogens is 230 g/mol. The topological polar surface area (TPSA) is 29.9 Å². The molecule has 0 saturated heterocycles. The van der Waals surface area contributed by atoms with Crippen LogP contribution in [0.25, 0.3) is 0 Å². The Hall–Kier alpha value is -1.55. The van der Waals surface area contributed by atoms with Gasteiger partial charge in [-0.05, 0) is 36.2 Å². The van der Waals surface area contributed by atoms with E-state index in [1.54, 1.807) is 11.3 Å². The van der Waals surface area contributed by atoms with Crippen LogP contribution in [0.3, 0.4) is 0 Å². The Balaban J connectivity index is 2.15. The largest absolute Gasteiger partial charge is 0.349 e. The minimum absolute atomic E-state index is 0.270. The number of rotatable bonds is 5. The number of hydrogen-bond acceptors (Lipinski definition) is 3. The van der Waals surface area contributed by atoms with Crippen LogP contribution >= 0.6 is 11.3 Å². The number of nitrogens with zero attached hydrogens (tertiary/aromatic N) is 2. The van der Waals surface area contributed by atoms with E-state index < -0.39 is 0 Å². The molecule has 0 aliphatic carbocycles. The van der Waals surface area contributed by atoms with Crippen molar-refractivity contribution in [1.82, 2.24) is 9.55 Å². The molecule has 3 nitrogen and oxygen atoms in total. The van der Waals surface area contributed by atoms with Crippen LogP contribution in [0.1, 0.15) is 24.2 Å². The third-order valence-electron chi connectivity index (χ3n) is 2.61. The lowest BCUT2D eigenvalue weighted by Gasteiger charge is -2.14. The van der Waals surface area contributed by atoms with Crippen molar-refractivity contribution in [3.63, 3.8) is 0 Å². The van der Waals surface area contributed by atoms with Crippen LogP contribution in [0, 0.1) is 6.92 Å². The van der Waals surface area contributed by atoms with Crippen molar-refractivity contribution in [3.05, 3.63) is 46.9 Å². The Morgan fingerprint density at radius 2 is 2.47 bits per heavy atom. The molecule has 0 fully saturated rings. The van der Waals surface area contributed by atoms with Crippen molar-refractivity contribution in [3.8, 4) is 0 Å². The molecule has 1 atom stereocenters. The first kappa shape index (κ1) is 11.9. The average Bonchev–Trinajstić information content (AvgIpc) is 2.89.